The smallest absolute Gasteiger partial charge is 0.262 e. The zero-order valence-corrected chi connectivity index (χ0v) is 13.2. The molecule has 2 aliphatic carbocycles. The minimum absolute atomic E-state index is 0.154. The number of rotatable bonds is 2. The quantitative estimate of drug-likeness (QED) is 0.780. The third-order valence-electron chi connectivity index (χ3n) is 5.70. The van der Waals surface area contributed by atoms with E-state index >= 15 is 0 Å². The van der Waals surface area contributed by atoms with Gasteiger partial charge in [-0.3, -0.25) is 4.90 Å². The van der Waals surface area contributed by atoms with Gasteiger partial charge in [-0.2, -0.15) is 0 Å². The van der Waals surface area contributed by atoms with Gasteiger partial charge in [-0.05, 0) is 43.9 Å². The van der Waals surface area contributed by atoms with Crippen LogP contribution in [0.3, 0.4) is 0 Å². The number of likely N-dealkylation sites (tertiary alicyclic amines) is 1. The highest BCUT2D eigenvalue weighted by molar-refractivity contribution is 7.91. The highest BCUT2D eigenvalue weighted by Gasteiger charge is 2.42. The lowest BCUT2D eigenvalue weighted by molar-refractivity contribution is 0.131. The minimum atomic E-state index is -3.36. The molecule has 4 atom stereocenters. The van der Waals surface area contributed by atoms with Crippen LogP contribution in [0.5, 0.6) is 0 Å². The van der Waals surface area contributed by atoms with Crippen LogP contribution in [0.4, 0.5) is 0 Å². The maximum absolute atomic E-state index is 12.3. The summed E-state index contributed by atoms with van der Waals surface area (Å²) in [6, 6.07) is 0. The van der Waals surface area contributed by atoms with Gasteiger partial charge in [-0.1, -0.05) is 12.8 Å². The second-order valence-corrected chi connectivity index (χ2v) is 8.94. The standard InChI is InChI=1S/C15H24N2O3S/c18-21(19)14-7-2-1-6-13(14)20-15(16-21)10-17-8-11-4-3-5-12(11)9-17/h11-14H,1-10H2. The largest absolute Gasteiger partial charge is 0.475 e. The van der Waals surface area contributed by atoms with Crippen LogP contribution in [0, 0.1) is 11.8 Å². The Kier molecular flexibility index (Phi) is 3.49. The van der Waals surface area contributed by atoms with Crippen molar-refractivity contribution in [3.8, 4) is 0 Å². The van der Waals surface area contributed by atoms with Crippen LogP contribution in [-0.4, -0.2) is 50.2 Å². The second-order valence-electron chi connectivity index (χ2n) is 7.12. The van der Waals surface area contributed by atoms with E-state index in [0.717, 1.165) is 44.2 Å². The fourth-order valence-corrected chi connectivity index (χ4v) is 6.22. The monoisotopic (exact) mass is 312 g/mol. The van der Waals surface area contributed by atoms with Crippen molar-refractivity contribution in [2.75, 3.05) is 19.6 Å². The molecule has 4 aliphatic rings. The molecular formula is C15H24N2O3S. The summed E-state index contributed by atoms with van der Waals surface area (Å²) in [7, 11) is -3.36. The zero-order chi connectivity index (χ0) is 14.4. The van der Waals surface area contributed by atoms with E-state index in [0.29, 0.717) is 18.9 Å². The van der Waals surface area contributed by atoms with Crippen molar-refractivity contribution in [1.29, 1.82) is 0 Å². The normalized spacial score (nSPS) is 42.0. The van der Waals surface area contributed by atoms with E-state index in [1.54, 1.807) is 0 Å². The van der Waals surface area contributed by atoms with Crippen LogP contribution >= 0.6 is 0 Å². The van der Waals surface area contributed by atoms with E-state index in [2.05, 4.69) is 9.30 Å². The average Bonchev–Trinajstić information content (AvgIpc) is 2.99. The summed E-state index contributed by atoms with van der Waals surface area (Å²) in [4.78, 5) is 2.34. The number of hydrogen-bond acceptors (Lipinski definition) is 4. The van der Waals surface area contributed by atoms with Gasteiger partial charge in [-0.25, -0.2) is 8.42 Å². The molecule has 0 aromatic carbocycles. The summed E-state index contributed by atoms with van der Waals surface area (Å²) in [6.07, 6.45) is 7.47. The van der Waals surface area contributed by atoms with Crippen LogP contribution in [0.15, 0.2) is 4.40 Å². The minimum Gasteiger partial charge on any atom is -0.475 e. The average molecular weight is 312 g/mol. The fourth-order valence-electron chi connectivity index (χ4n) is 4.66. The van der Waals surface area contributed by atoms with Crippen LogP contribution in [-0.2, 0) is 14.8 Å². The molecule has 4 rings (SSSR count). The van der Waals surface area contributed by atoms with Crippen LogP contribution in [0.25, 0.3) is 0 Å². The van der Waals surface area contributed by atoms with Gasteiger partial charge in [-0.15, -0.1) is 4.40 Å². The molecule has 0 aromatic heterocycles. The Balaban J connectivity index is 1.47. The second kappa shape index (κ2) is 5.23. The summed E-state index contributed by atoms with van der Waals surface area (Å²) >= 11 is 0. The van der Waals surface area contributed by atoms with Crippen molar-refractivity contribution < 1.29 is 13.2 Å². The Morgan fingerprint density at radius 2 is 1.76 bits per heavy atom. The molecule has 0 bridgehead atoms. The van der Waals surface area contributed by atoms with Crippen molar-refractivity contribution in [3.63, 3.8) is 0 Å². The van der Waals surface area contributed by atoms with E-state index in [1.807, 2.05) is 0 Å². The van der Waals surface area contributed by atoms with Gasteiger partial charge >= 0.3 is 0 Å². The molecule has 3 fully saturated rings. The van der Waals surface area contributed by atoms with Crippen molar-refractivity contribution in [2.24, 2.45) is 16.2 Å². The van der Waals surface area contributed by atoms with Crippen molar-refractivity contribution >= 4 is 15.9 Å². The van der Waals surface area contributed by atoms with Crippen LogP contribution in [0.1, 0.15) is 44.9 Å². The molecule has 0 radical (unpaired) electrons. The van der Waals surface area contributed by atoms with Gasteiger partial charge in [0.1, 0.15) is 11.4 Å². The molecule has 0 aromatic rings. The molecule has 1 saturated heterocycles. The van der Waals surface area contributed by atoms with Crippen LogP contribution in [0.2, 0.25) is 0 Å². The first kappa shape index (κ1) is 14.0. The predicted molar refractivity (Wildman–Crippen MR) is 80.8 cm³/mol. The van der Waals surface area contributed by atoms with Crippen molar-refractivity contribution in [3.05, 3.63) is 0 Å². The summed E-state index contributed by atoms with van der Waals surface area (Å²) < 4.78 is 34.5. The number of sulfonamides is 1. The predicted octanol–water partition coefficient (Wildman–Crippen LogP) is 1.79. The first-order valence-electron chi connectivity index (χ1n) is 8.33. The highest BCUT2D eigenvalue weighted by atomic mass is 32.2. The van der Waals surface area contributed by atoms with Gasteiger partial charge in [0, 0.05) is 13.1 Å². The number of hydrogen-bond donors (Lipinski definition) is 0. The maximum Gasteiger partial charge on any atom is 0.262 e. The lowest BCUT2D eigenvalue weighted by Gasteiger charge is -2.34. The first-order chi connectivity index (χ1) is 10.1. The molecule has 5 nitrogen and oxygen atoms in total. The van der Waals surface area contributed by atoms with Gasteiger partial charge < -0.3 is 4.74 Å². The van der Waals surface area contributed by atoms with E-state index in [1.165, 1.54) is 19.3 Å². The summed E-state index contributed by atoms with van der Waals surface area (Å²) in [5.74, 6) is 2.07. The lowest BCUT2D eigenvalue weighted by Crippen LogP contribution is -2.45. The molecule has 6 heteroatoms. The topological polar surface area (TPSA) is 59.0 Å². The molecule has 21 heavy (non-hydrogen) atoms. The van der Waals surface area contributed by atoms with Gasteiger partial charge in [0.05, 0.1) is 6.54 Å². The Morgan fingerprint density at radius 3 is 2.52 bits per heavy atom. The SMILES string of the molecule is O=S1(=O)N=C(CN2CC3CCCC3C2)OC2CCCCC21. The number of nitrogens with zero attached hydrogens (tertiary/aromatic N) is 2. The number of ether oxygens (including phenoxy) is 1. The summed E-state index contributed by atoms with van der Waals surface area (Å²) in [5.41, 5.74) is 0. The van der Waals surface area contributed by atoms with Crippen LogP contribution < -0.4 is 0 Å². The lowest BCUT2D eigenvalue weighted by atomic mass is 9.97. The van der Waals surface area contributed by atoms with Crippen molar-refractivity contribution in [1.82, 2.24) is 4.90 Å². The zero-order valence-electron chi connectivity index (χ0n) is 12.4. The molecule has 0 amide bonds. The Morgan fingerprint density at radius 1 is 1.05 bits per heavy atom. The summed E-state index contributed by atoms with van der Waals surface area (Å²) in [5, 5.41) is -0.395. The molecule has 2 aliphatic heterocycles. The highest BCUT2D eigenvalue weighted by Crippen LogP contribution is 2.38. The summed E-state index contributed by atoms with van der Waals surface area (Å²) in [6.45, 7) is 2.75. The van der Waals surface area contributed by atoms with Crippen molar-refractivity contribution in [2.45, 2.75) is 56.3 Å². The van der Waals surface area contributed by atoms with Gasteiger partial charge in [0.25, 0.3) is 10.0 Å². The Hall–Kier alpha value is -0.620. The molecule has 118 valence electrons. The number of fused-ring (bicyclic) bond motifs is 2. The fraction of sp³-hybridized carbons (Fsp3) is 0.933. The third-order valence-corrected chi connectivity index (χ3v) is 7.46. The maximum atomic E-state index is 12.3. The Bertz CT molecular complexity index is 533. The first-order valence-corrected chi connectivity index (χ1v) is 9.84. The molecule has 2 saturated carbocycles. The molecule has 4 unspecified atom stereocenters. The molecule has 2 heterocycles. The van der Waals surface area contributed by atoms with E-state index in [4.69, 9.17) is 4.74 Å². The van der Waals surface area contributed by atoms with E-state index in [-0.39, 0.29) is 6.10 Å². The van der Waals surface area contributed by atoms with Gasteiger partial charge in [0.2, 0.25) is 5.90 Å². The molecule has 0 spiro atoms. The van der Waals surface area contributed by atoms with E-state index < -0.39 is 15.3 Å². The Labute approximate surface area is 126 Å². The van der Waals surface area contributed by atoms with Gasteiger partial charge in [0.15, 0.2) is 0 Å². The van der Waals surface area contributed by atoms with E-state index in [9.17, 15) is 8.42 Å². The molecular weight excluding hydrogens is 288 g/mol. The molecule has 0 N–H and O–H groups in total. The third kappa shape index (κ3) is 2.61.